The van der Waals surface area contributed by atoms with E-state index in [1.54, 1.807) is 0 Å². The van der Waals surface area contributed by atoms with Crippen molar-refractivity contribution in [1.82, 2.24) is 10.2 Å². The van der Waals surface area contributed by atoms with Gasteiger partial charge in [0.05, 0.1) is 12.1 Å². The molecule has 2 saturated heterocycles. The van der Waals surface area contributed by atoms with Crippen LogP contribution in [0.15, 0.2) is 0 Å². The Morgan fingerprint density at radius 1 is 1.40 bits per heavy atom. The topological polar surface area (TPSA) is 35.5 Å². The van der Waals surface area contributed by atoms with Crippen LogP contribution in [0, 0.1) is 0 Å². The molecule has 0 saturated carbocycles. The number of rotatable bonds is 3. The zero-order chi connectivity index (χ0) is 10.9. The van der Waals surface area contributed by atoms with Gasteiger partial charge in [-0.15, -0.1) is 0 Å². The van der Waals surface area contributed by atoms with Gasteiger partial charge in [0.1, 0.15) is 0 Å². The van der Waals surface area contributed by atoms with Gasteiger partial charge in [0.2, 0.25) is 0 Å². The summed E-state index contributed by atoms with van der Waals surface area (Å²) in [6, 6.07) is 1.03. The molecule has 0 aliphatic carbocycles. The number of hydrogen-bond acceptors (Lipinski definition) is 3. The zero-order valence-corrected chi connectivity index (χ0v) is 10.00. The number of aliphatic hydroxyl groups is 1. The standard InChI is InChI=1S/C12H24N2O/c1-10(2)13-12(9-15)6-8-14-7-4-3-5-11(12)14/h10-11,13,15H,3-9H2,1-2H3. The van der Waals surface area contributed by atoms with Gasteiger partial charge < -0.3 is 10.4 Å². The molecule has 15 heavy (non-hydrogen) atoms. The van der Waals surface area contributed by atoms with E-state index in [-0.39, 0.29) is 12.1 Å². The summed E-state index contributed by atoms with van der Waals surface area (Å²) in [6.07, 6.45) is 5.01. The molecule has 0 aromatic heterocycles. The summed E-state index contributed by atoms with van der Waals surface area (Å²) in [5, 5.41) is 13.3. The molecule has 2 N–H and O–H groups in total. The van der Waals surface area contributed by atoms with Crippen molar-refractivity contribution in [3.05, 3.63) is 0 Å². The molecule has 2 atom stereocenters. The molecule has 2 fully saturated rings. The molecule has 0 aromatic rings. The number of piperidine rings is 1. The third-order valence-corrected chi connectivity index (χ3v) is 3.95. The maximum absolute atomic E-state index is 9.72. The quantitative estimate of drug-likeness (QED) is 0.732. The van der Waals surface area contributed by atoms with Crippen molar-refractivity contribution in [2.75, 3.05) is 19.7 Å². The van der Waals surface area contributed by atoms with Crippen molar-refractivity contribution in [2.24, 2.45) is 0 Å². The normalized spacial score (nSPS) is 37.2. The SMILES string of the molecule is CC(C)NC1(CO)CCN2CCCCC21. The van der Waals surface area contributed by atoms with Gasteiger partial charge in [0, 0.05) is 18.6 Å². The lowest BCUT2D eigenvalue weighted by atomic mass is 9.85. The van der Waals surface area contributed by atoms with Crippen LogP contribution < -0.4 is 5.32 Å². The smallest absolute Gasteiger partial charge is 0.0629 e. The van der Waals surface area contributed by atoms with Crippen molar-refractivity contribution in [3.8, 4) is 0 Å². The fraction of sp³-hybridized carbons (Fsp3) is 1.00. The van der Waals surface area contributed by atoms with Crippen LogP contribution in [0.1, 0.15) is 39.5 Å². The molecule has 0 bridgehead atoms. The van der Waals surface area contributed by atoms with E-state index in [0.29, 0.717) is 12.1 Å². The van der Waals surface area contributed by atoms with E-state index in [0.717, 1.165) is 13.0 Å². The van der Waals surface area contributed by atoms with E-state index < -0.39 is 0 Å². The minimum absolute atomic E-state index is 0.0193. The van der Waals surface area contributed by atoms with Crippen molar-refractivity contribution in [1.29, 1.82) is 0 Å². The molecular formula is C12H24N2O. The zero-order valence-electron chi connectivity index (χ0n) is 10.00. The fourth-order valence-electron chi connectivity index (χ4n) is 3.37. The van der Waals surface area contributed by atoms with Crippen molar-refractivity contribution in [3.63, 3.8) is 0 Å². The minimum atomic E-state index is -0.0193. The number of fused-ring (bicyclic) bond motifs is 1. The van der Waals surface area contributed by atoms with Gasteiger partial charge in [-0.05, 0) is 25.8 Å². The fourth-order valence-corrected chi connectivity index (χ4v) is 3.37. The second kappa shape index (κ2) is 4.40. The van der Waals surface area contributed by atoms with E-state index in [9.17, 15) is 5.11 Å². The Balaban J connectivity index is 2.11. The summed E-state index contributed by atoms with van der Waals surface area (Å²) in [5.74, 6) is 0. The predicted molar refractivity (Wildman–Crippen MR) is 61.9 cm³/mol. The molecule has 2 rings (SSSR count). The van der Waals surface area contributed by atoms with Gasteiger partial charge in [-0.25, -0.2) is 0 Å². The maximum Gasteiger partial charge on any atom is 0.0629 e. The van der Waals surface area contributed by atoms with Crippen LogP contribution in [0.5, 0.6) is 0 Å². The number of nitrogens with zero attached hydrogens (tertiary/aromatic N) is 1. The monoisotopic (exact) mass is 212 g/mol. The molecule has 0 aromatic carbocycles. The van der Waals surface area contributed by atoms with Crippen LogP contribution in [0.3, 0.4) is 0 Å². The lowest BCUT2D eigenvalue weighted by molar-refractivity contribution is 0.0817. The summed E-state index contributed by atoms with van der Waals surface area (Å²) in [6.45, 7) is 7.01. The number of aliphatic hydroxyl groups excluding tert-OH is 1. The van der Waals surface area contributed by atoms with E-state index in [1.165, 1.54) is 25.8 Å². The summed E-state index contributed by atoms with van der Waals surface area (Å²) >= 11 is 0. The van der Waals surface area contributed by atoms with Gasteiger partial charge in [0.15, 0.2) is 0 Å². The van der Waals surface area contributed by atoms with Gasteiger partial charge in [-0.1, -0.05) is 20.3 Å². The number of hydrogen-bond donors (Lipinski definition) is 2. The van der Waals surface area contributed by atoms with Crippen LogP contribution in [-0.4, -0.2) is 47.3 Å². The molecule has 0 amide bonds. The maximum atomic E-state index is 9.72. The van der Waals surface area contributed by atoms with Gasteiger partial charge in [-0.3, -0.25) is 4.90 Å². The van der Waals surface area contributed by atoms with Crippen LogP contribution in [0.4, 0.5) is 0 Å². The first-order valence-corrected chi connectivity index (χ1v) is 6.30. The summed E-state index contributed by atoms with van der Waals surface area (Å²) in [5.41, 5.74) is -0.0193. The van der Waals surface area contributed by atoms with Crippen molar-refractivity contribution in [2.45, 2.75) is 57.2 Å². The highest BCUT2D eigenvalue weighted by Crippen LogP contribution is 2.35. The molecule has 0 spiro atoms. The lowest BCUT2D eigenvalue weighted by Gasteiger charge is -2.41. The highest BCUT2D eigenvalue weighted by molar-refractivity contribution is 5.07. The third-order valence-electron chi connectivity index (χ3n) is 3.95. The Morgan fingerprint density at radius 3 is 2.87 bits per heavy atom. The molecule has 3 nitrogen and oxygen atoms in total. The van der Waals surface area contributed by atoms with E-state index in [2.05, 4.69) is 24.1 Å². The van der Waals surface area contributed by atoms with Crippen LogP contribution in [0.2, 0.25) is 0 Å². The molecule has 2 unspecified atom stereocenters. The summed E-state index contributed by atoms with van der Waals surface area (Å²) in [7, 11) is 0. The molecule has 0 radical (unpaired) electrons. The van der Waals surface area contributed by atoms with Gasteiger partial charge in [-0.2, -0.15) is 0 Å². The predicted octanol–water partition coefficient (Wildman–Crippen LogP) is 0.974. The first-order valence-electron chi connectivity index (χ1n) is 6.30. The Kier molecular flexibility index (Phi) is 3.33. The largest absolute Gasteiger partial charge is 0.394 e. The van der Waals surface area contributed by atoms with Crippen molar-refractivity contribution >= 4 is 0 Å². The molecule has 88 valence electrons. The Morgan fingerprint density at radius 2 is 2.20 bits per heavy atom. The Hall–Kier alpha value is -0.120. The molecular weight excluding hydrogens is 188 g/mol. The molecule has 2 aliphatic rings. The third kappa shape index (κ3) is 2.05. The Labute approximate surface area is 92.8 Å². The van der Waals surface area contributed by atoms with E-state index in [4.69, 9.17) is 0 Å². The average Bonchev–Trinajstić information content (AvgIpc) is 2.58. The highest BCUT2D eigenvalue weighted by Gasteiger charge is 2.47. The Bertz CT molecular complexity index is 220. The minimum Gasteiger partial charge on any atom is -0.394 e. The van der Waals surface area contributed by atoms with Crippen LogP contribution in [-0.2, 0) is 0 Å². The number of nitrogens with one attached hydrogen (secondary N) is 1. The second-order valence-electron chi connectivity index (χ2n) is 5.41. The highest BCUT2D eigenvalue weighted by atomic mass is 16.3. The van der Waals surface area contributed by atoms with Crippen LogP contribution in [0.25, 0.3) is 0 Å². The average molecular weight is 212 g/mol. The van der Waals surface area contributed by atoms with Gasteiger partial charge in [0.25, 0.3) is 0 Å². The van der Waals surface area contributed by atoms with Crippen molar-refractivity contribution < 1.29 is 5.11 Å². The first kappa shape index (κ1) is 11.4. The molecule has 2 aliphatic heterocycles. The summed E-state index contributed by atoms with van der Waals surface area (Å²) in [4.78, 5) is 2.56. The van der Waals surface area contributed by atoms with Crippen LogP contribution >= 0.6 is 0 Å². The molecule has 3 heteroatoms. The summed E-state index contributed by atoms with van der Waals surface area (Å²) < 4.78 is 0. The van der Waals surface area contributed by atoms with E-state index >= 15 is 0 Å². The van der Waals surface area contributed by atoms with E-state index in [1.807, 2.05) is 0 Å². The lowest BCUT2D eigenvalue weighted by Crippen LogP contribution is -2.60. The molecule has 2 heterocycles. The second-order valence-corrected chi connectivity index (χ2v) is 5.41. The first-order chi connectivity index (χ1) is 7.18. The van der Waals surface area contributed by atoms with Gasteiger partial charge >= 0.3 is 0 Å².